The number of sulfonamides is 1. The highest BCUT2D eigenvalue weighted by atomic mass is 32.2. The van der Waals surface area contributed by atoms with Crippen LogP contribution in [0.5, 0.6) is 0 Å². The highest BCUT2D eigenvalue weighted by molar-refractivity contribution is 7.92. The molecule has 2 aliphatic rings. The first-order valence-corrected chi connectivity index (χ1v) is 10.2. The van der Waals surface area contributed by atoms with Crippen LogP contribution in [0.2, 0.25) is 0 Å². The molecule has 0 spiro atoms. The molecule has 25 heavy (non-hydrogen) atoms. The van der Waals surface area contributed by atoms with Gasteiger partial charge >= 0.3 is 5.97 Å². The number of anilines is 1. The largest absolute Gasteiger partial charge is 0.481 e. The van der Waals surface area contributed by atoms with Crippen molar-refractivity contribution >= 4 is 27.6 Å². The van der Waals surface area contributed by atoms with Gasteiger partial charge in [-0.15, -0.1) is 0 Å². The maximum atomic E-state index is 12.4. The van der Waals surface area contributed by atoms with Crippen molar-refractivity contribution in [3.05, 3.63) is 29.3 Å². The van der Waals surface area contributed by atoms with E-state index in [2.05, 4.69) is 5.32 Å². The standard InChI is InChI=1S/C17H22N2O5S/c1-25(23,24)19-9-8-12-10-13(4-7-15(12)19)16(20)18-14-5-2-11(3-6-14)17(21)22/h4,7,10-11,14H,2-3,5-6,8-9H2,1H3,(H,18,20)(H,21,22). The van der Waals surface area contributed by atoms with Crippen molar-refractivity contribution in [2.45, 2.75) is 38.1 Å². The van der Waals surface area contributed by atoms with Crippen molar-refractivity contribution in [2.75, 3.05) is 17.1 Å². The topological polar surface area (TPSA) is 104 Å². The number of carbonyl (C=O) groups is 2. The number of hydrogen-bond acceptors (Lipinski definition) is 4. The number of rotatable bonds is 4. The van der Waals surface area contributed by atoms with E-state index in [1.54, 1.807) is 18.2 Å². The van der Waals surface area contributed by atoms with Crippen LogP contribution in [-0.2, 0) is 21.2 Å². The predicted molar refractivity (Wildman–Crippen MR) is 93.2 cm³/mol. The Labute approximate surface area is 147 Å². The molecule has 1 aromatic carbocycles. The van der Waals surface area contributed by atoms with Crippen LogP contribution in [0.25, 0.3) is 0 Å². The predicted octanol–water partition coefficient (Wildman–Crippen LogP) is 1.38. The Morgan fingerprint density at radius 2 is 1.88 bits per heavy atom. The van der Waals surface area contributed by atoms with Crippen LogP contribution in [-0.4, -0.2) is 44.2 Å². The molecule has 0 bridgehead atoms. The van der Waals surface area contributed by atoms with Crippen LogP contribution in [0.3, 0.4) is 0 Å². The minimum Gasteiger partial charge on any atom is -0.481 e. The second kappa shape index (κ2) is 6.67. The summed E-state index contributed by atoms with van der Waals surface area (Å²) in [4.78, 5) is 23.4. The van der Waals surface area contributed by atoms with Gasteiger partial charge in [-0.2, -0.15) is 0 Å². The zero-order valence-electron chi connectivity index (χ0n) is 14.1. The fraction of sp³-hybridized carbons (Fsp3) is 0.529. The first-order chi connectivity index (χ1) is 11.8. The molecule has 0 atom stereocenters. The van der Waals surface area contributed by atoms with Gasteiger partial charge in [0.25, 0.3) is 5.91 Å². The lowest BCUT2D eigenvalue weighted by molar-refractivity contribution is -0.142. The summed E-state index contributed by atoms with van der Waals surface area (Å²) < 4.78 is 24.9. The first kappa shape index (κ1) is 17.7. The number of nitrogens with one attached hydrogen (secondary N) is 1. The van der Waals surface area contributed by atoms with E-state index in [4.69, 9.17) is 5.11 Å². The minimum atomic E-state index is -3.30. The van der Waals surface area contributed by atoms with E-state index in [0.29, 0.717) is 49.9 Å². The first-order valence-electron chi connectivity index (χ1n) is 8.40. The molecular formula is C17H22N2O5S. The molecule has 1 aliphatic heterocycles. The number of aliphatic carboxylic acids is 1. The molecule has 1 saturated carbocycles. The van der Waals surface area contributed by atoms with Gasteiger partial charge in [0.1, 0.15) is 0 Å². The summed E-state index contributed by atoms with van der Waals surface area (Å²) in [7, 11) is -3.30. The Morgan fingerprint density at radius 3 is 2.48 bits per heavy atom. The molecule has 0 aromatic heterocycles. The van der Waals surface area contributed by atoms with Gasteiger partial charge in [0, 0.05) is 18.2 Å². The molecular weight excluding hydrogens is 344 g/mol. The zero-order valence-corrected chi connectivity index (χ0v) is 14.9. The fourth-order valence-corrected chi connectivity index (χ4v) is 4.57. The van der Waals surface area contributed by atoms with Gasteiger partial charge in [0.15, 0.2) is 0 Å². The van der Waals surface area contributed by atoms with Crippen LogP contribution in [0.15, 0.2) is 18.2 Å². The number of hydrogen-bond donors (Lipinski definition) is 2. The summed E-state index contributed by atoms with van der Waals surface area (Å²) in [5.74, 6) is -1.27. The second-order valence-electron chi connectivity index (χ2n) is 6.79. The monoisotopic (exact) mass is 366 g/mol. The third kappa shape index (κ3) is 3.78. The molecule has 0 saturated heterocycles. The summed E-state index contributed by atoms with van der Waals surface area (Å²) in [6.45, 7) is 0.401. The number of nitrogens with zero attached hydrogens (tertiary/aromatic N) is 1. The van der Waals surface area contributed by atoms with E-state index in [9.17, 15) is 18.0 Å². The number of amides is 1. The number of carbonyl (C=O) groups excluding carboxylic acids is 1. The van der Waals surface area contributed by atoms with E-state index in [0.717, 1.165) is 5.56 Å². The molecule has 1 aliphatic carbocycles. The number of carboxylic acid groups (broad SMARTS) is 1. The van der Waals surface area contributed by atoms with Crippen LogP contribution in [0, 0.1) is 5.92 Å². The van der Waals surface area contributed by atoms with Crippen LogP contribution >= 0.6 is 0 Å². The summed E-state index contributed by atoms with van der Waals surface area (Å²) in [6, 6.07) is 5.06. The molecule has 7 nitrogen and oxygen atoms in total. The SMILES string of the molecule is CS(=O)(=O)N1CCc2cc(C(=O)NC3CCC(C(=O)O)CC3)ccc21. The third-order valence-corrected chi connectivity index (χ3v) is 6.19. The number of fused-ring (bicyclic) bond motifs is 1. The van der Waals surface area contributed by atoms with E-state index in [-0.39, 0.29) is 17.9 Å². The zero-order chi connectivity index (χ0) is 18.2. The van der Waals surface area contributed by atoms with E-state index < -0.39 is 16.0 Å². The van der Waals surface area contributed by atoms with Gasteiger partial charge in [-0.1, -0.05) is 0 Å². The van der Waals surface area contributed by atoms with Crippen LogP contribution in [0.1, 0.15) is 41.6 Å². The third-order valence-electron chi connectivity index (χ3n) is 5.01. The average molecular weight is 366 g/mol. The Balaban J connectivity index is 1.66. The lowest BCUT2D eigenvalue weighted by Crippen LogP contribution is -2.38. The van der Waals surface area contributed by atoms with Gasteiger partial charge in [0.05, 0.1) is 17.9 Å². The van der Waals surface area contributed by atoms with Gasteiger partial charge in [0.2, 0.25) is 10.0 Å². The van der Waals surface area contributed by atoms with Crippen LogP contribution < -0.4 is 9.62 Å². The lowest BCUT2D eigenvalue weighted by atomic mass is 9.86. The average Bonchev–Trinajstić information content (AvgIpc) is 2.98. The molecule has 2 N–H and O–H groups in total. The molecule has 1 fully saturated rings. The van der Waals surface area contributed by atoms with Crippen molar-refractivity contribution in [3.8, 4) is 0 Å². The molecule has 3 rings (SSSR count). The summed E-state index contributed by atoms with van der Waals surface area (Å²) in [6.07, 6.45) is 4.25. The Morgan fingerprint density at radius 1 is 1.20 bits per heavy atom. The molecule has 8 heteroatoms. The Bertz CT molecular complexity index is 797. The fourth-order valence-electron chi connectivity index (χ4n) is 3.61. The van der Waals surface area contributed by atoms with Crippen LogP contribution in [0.4, 0.5) is 5.69 Å². The number of benzene rings is 1. The summed E-state index contributed by atoms with van der Waals surface area (Å²) in [5.41, 5.74) is 2.00. The second-order valence-corrected chi connectivity index (χ2v) is 8.70. The maximum absolute atomic E-state index is 12.4. The Hall–Kier alpha value is -2.09. The highest BCUT2D eigenvalue weighted by Crippen LogP contribution is 2.31. The molecule has 1 amide bonds. The molecule has 1 aromatic rings. The lowest BCUT2D eigenvalue weighted by Gasteiger charge is -2.26. The van der Waals surface area contributed by atoms with Crippen molar-refractivity contribution < 1.29 is 23.1 Å². The smallest absolute Gasteiger partial charge is 0.306 e. The van der Waals surface area contributed by atoms with Crippen molar-refractivity contribution in [1.82, 2.24) is 5.32 Å². The van der Waals surface area contributed by atoms with E-state index >= 15 is 0 Å². The van der Waals surface area contributed by atoms with Gasteiger partial charge in [-0.25, -0.2) is 8.42 Å². The minimum absolute atomic E-state index is 0.0103. The van der Waals surface area contributed by atoms with E-state index in [1.807, 2.05) is 0 Å². The quantitative estimate of drug-likeness (QED) is 0.838. The number of carboxylic acids is 1. The molecule has 1 heterocycles. The maximum Gasteiger partial charge on any atom is 0.306 e. The Kier molecular flexibility index (Phi) is 4.73. The summed E-state index contributed by atoms with van der Waals surface area (Å²) >= 11 is 0. The van der Waals surface area contributed by atoms with Gasteiger partial charge in [-0.3, -0.25) is 13.9 Å². The molecule has 0 radical (unpaired) electrons. The molecule has 136 valence electrons. The highest BCUT2D eigenvalue weighted by Gasteiger charge is 2.29. The summed E-state index contributed by atoms with van der Waals surface area (Å²) in [5, 5.41) is 12.0. The van der Waals surface area contributed by atoms with Gasteiger partial charge < -0.3 is 10.4 Å². The van der Waals surface area contributed by atoms with Crippen molar-refractivity contribution in [3.63, 3.8) is 0 Å². The van der Waals surface area contributed by atoms with E-state index in [1.165, 1.54) is 10.6 Å². The normalized spacial score (nSPS) is 23.2. The molecule has 0 unspecified atom stereocenters. The van der Waals surface area contributed by atoms with Crippen molar-refractivity contribution in [2.24, 2.45) is 5.92 Å². The van der Waals surface area contributed by atoms with Gasteiger partial charge in [-0.05, 0) is 55.9 Å². The van der Waals surface area contributed by atoms with Crippen molar-refractivity contribution in [1.29, 1.82) is 0 Å².